The van der Waals surface area contributed by atoms with Crippen LogP contribution in [0.5, 0.6) is 11.5 Å². The van der Waals surface area contributed by atoms with Gasteiger partial charge in [-0.1, -0.05) is 17.7 Å². The Bertz CT molecular complexity index is 743. The summed E-state index contributed by atoms with van der Waals surface area (Å²) in [5.41, 5.74) is 2.75. The summed E-state index contributed by atoms with van der Waals surface area (Å²) >= 11 is 6.02. The number of methoxy groups -OCH3 is 1. The van der Waals surface area contributed by atoms with E-state index in [2.05, 4.69) is 0 Å². The van der Waals surface area contributed by atoms with Crippen molar-refractivity contribution in [2.24, 2.45) is 0 Å². The van der Waals surface area contributed by atoms with Gasteiger partial charge >= 0.3 is 0 Å². The lowest BCUT2D eigenvalue weighted by atomic mass is 10.0. The van der Waals surface area contributed by atoms with E-state index in [0.717, 1.165) is 11.1 Å². The fourth-order valence-electron chi connectivity index (χ4n) is 2.38. The zero-order chi connectivity index (χ0) is 17.1. The minimum Gasteiger partial charge on any atom is -0.507 e. The fraction of sp³-hybridized carbons (Fsp3) is 0.278. The van der Waals surface area contributed by atoms with E-state index >= 15 is 0 Å². The first kappa shape index (κ1) is 17.2. The zero-order valence-electron chi connectivity index (χ0n) is 13.7. The molecule has 4 nitrogen and oxygen atoms in total. The summed E-state index contributed by atoms with van der Waals surface area (Å²) < 4.78 is 5.30. The van der Waals surface area contributed by atoms with Crippen molar-refractivity contribution in [1.82, 2.24) is 4.90 Å². The van der Waals surface area contributed by atoms with E-state index in [9.17, 15) is 9.90 Å². The lowest BCUT2D eigenvalue weighted by Crippen LogP contribution is -2.26. The number of carbonyl (C=O) groups excluding carboxylic acids is 1. The third-order valence-electron chi connectivity index (χ3n) is 3.93. The molecule has 0 saturated heterocycles. The van der Waals surface area contributed by atoms with Crippen LogP contribution in [0.25, 0.3) is 0 Å². The normalized spacial score (nSPS) is 10.5. The van der Waals surface area contributed by atoms with Crippen LogP contribution in [0, 0.1) is 13.8 Å². The lowest BCUT2D eigenvalue weighted by Gasteiger charge is -2.20. The summed E-state index contributed by atoms with van der Waals surface area (Å²) in [4.78, 5) is 14.1. The first-order chi connectivity index (χ1) is 10.8. The quantitative estimate of drug-likeness (QED) is 0.921. The van der Waals surface area contributed by atoms with Crippen LogP contribution in [-0.2, 0) is 6.54 Å². The standard InChI is InChI=1S/C18H20ClNO3/c1-11-5-7-15(17(21)12(11)2)18(22)20(3)10-13-9-14(19)6-8-16(13)23-4/h5-9,21H,10H2,1-4H3. The van der Waals surface area contributed by atoms with Crippen molar-refractivity contribution in [2.45, 2.75) is 20.4 Å². The number of phenolic OH excluding ortho intramolecular Hbond substituents is 1. The molecule has 5 heteroatoms. The average molecular weight is 334 g/mol. The van der Waals surface area contributed by atoms with Crippen LogP contribution in [0.15, 0.2) is 30.3 Å². The monoisotopic (exact) mass is 333 g/mol. The van der Waals surface area contributed by atoms with Crippen LogP contribution in [0.1, 0.15) is 27.0 Å². The molecule has 0 spiro atoms. The summed E-state index contributed by atoms with van der Waals surface area (Å²) in [7, 11) is 3.25. The SMILES string of the molecule is COc1ccc(Cl)cc1CN(C)C(=O)c1ccc(C)c(C)c1O. The van der Waals surface area contributed by atoms with Crippen molar-refractivity contribution in [2.75, 3.05) is 14.2 Å². The molecule has 0 bridgehead atoms. The lowest BCUT2D eigenvalue weighted by molar-refractivity contribution is 0.0781. The molecule has 0 heterocycles. The predicted octanol–water partition coefficient (Wildman–Crippen LogP) is 3.94. The maximum Gasteiger partial charge on any atom is 0.257 e. The molecule has 0 saturated carbocycles. The highest BCUT2D eigenvalue weighted by Gasteiger charge is 2.19. The zero-order valence-corrected chi connectivity index (χ0v) is 14.4. The largest absolute Gasteiger partial charge is 0.507 e. The maximum absolute atomic E-state index is 12.6. The number of rotatable bonds is 4. The molecule has 2 aromatic rings. The molecule has 2 rings (SSSR count). The second-order valence-electron chi connectivity index (χ2n) is 5.52. The molecule has 0 fully saturated rings. The van der Waals surface area contributed by atoms with Gasteiger partial charge in [-0.2, -0.15) is 0 Å². The van der Waals surface area contributed by atoms with E-state index in [1.807, 2.05) is 13.0 Å². The Morgan fingerprint density at radius 1 is 1.26 bits per heavy atom. The Balaban J connectivity index is 2.28. The smallest absolute Gasteiger partial charge is 0.257 e. The number of halogens is 1. The van der Waals surface area contributed by atoms with E-state index in [4.69, 9.17) is 16.3 Å². The van der Waals surface area contributed by atoms with E-state index in [0.29, 0.717) is 22.9 Å². The summed E-state index contributed by atoms with van der Waals surface area (Å²) in [6, 6.07) is 8.75. The van der Waals surface area contributed by atoms with Crippen LogP contribution in [0.3, 0.4) is 0 Å². The number of carbonyl (C=O) groups is 1. The summed E-state index contributed by atoms with van der Waals surface area (Å²) in [5.74, 6) is 0.436. The van der Waals surface area contributed by atoms with Crippen molar-refractivity contribution in [3.63, 3.8) is 0 Å². The van der Waals surface area contributed by atoms with Crippen molar-refractivity contribution in [3.05, 3.63) is 57.6 Å². The molecule has 1 N–H and O–H groups in total. The molecule has 0 radical (unpaired) electrons. The van der Waals surface area contributed by atoms with Crippen molar-refractivity contribution in [3.8, 4) is 11.5 Å². The van der Waals surface area contributed by atoms with Gasteiger partial charge in [-0.15, -0.1) is 0 Å². The molecule has 1 amide bonds. The van der Waals surface area contributed by atoms with Gasteiger partial charge in [0.15, 0.2) is 0 Å². The van der Waals surface area contributed by atoms with Gasteiger partial charge in [-0.25, -0.2) is 0 Å². The van der Waals surface area contributed by atoms with Crippen LogP contribution < -0.4 is 4.74 Å². The second kappa shape index (κ2) is 6.92. The molecule has 0 aliphatic rings. The average Bonchev–Trinajstić information content (AvgIpc) is 2.52. The third-order valence-corrected chi connectivity index (χ3v) is 4.16. The van der Waals surface area contributed by atoms with Gasteiger partial charge in [0.2, 0.25) is 0 Å². The molecule has 0 aromatic heterocycles. The Hall–Kier alpha value is -2.20. The molecular formula is C18H20ClNO3. The number of amides is 1. The highest BCUT2D eigenvalue weighted by molar-refractivity contribution is 6.30. The summed E-state index contributed by atoms with van der Waals surface area (Å²) in [6.07, 6.45) is 0. The van der Waals surface area contributed by atoms with Crippen LogP contribution >= 0.6 is 11.6 Å². The summed E-state index contributed by atoms with van der Waals surface area (Å²) in [5, 5.41) is 10.8. The Labute approximate surface area is 141 Å². The Kier molecular flexibility index (Phi) is 5.16. The van der Waals surface area contributed by atoms with E-state index in [-0.39, 0.29) is 17.2 Å². The van der Waals surface area contributed by atoms with Gasteiger partial charge in [-0.05, 0) is 49.2 Å². The molecule has 0 unspecified atom stereocenters. The van der Waals surface area contributed by atoms with Gasteiger partial charge in [0.05, 0.1) is 12.7 Å². The van der Waals surface area contributed by atoms with Gasteiger partial charge in [-0.3, -0.25) is 4.79 Å². The molecule has 23 heavy (non-hydrogen) atoms. The number of hydrogen-bond donors (Lipinski definition) is 1. The predicted molar refractivity (Wildman–Crippen MR) is 91.4 cm³/mol. The van der Waals surface area contributed by atoms with Crippen molar-refractivity contribution in [1.29, 1.82) is 0 Å². The number of nitrogens with zero attached hydrogens (tertiary/aromatic N) is 1. The van der Waals surface area contributed by atoms with Gasteiger partial charge in [0.25, 0.3) is 5.91 Å². The summed E-state index contributed by atoms with van der Waals surface area (Å²) in [6.45, 7) is 4.01. The Morgan fingerprint density at radius 2 is 1.96 bits per heavy atom. The van der Waals surface area contributed by atoms with Crippen molar-refractivity contribution < 1.29 is 14.6 Å². The first-order valence-electron chi connectivity index (χ1n) is 7.22. The minimum atomic E-state index is -0.257. The molecule has 0 aliphatic carbocycles. The van der Waals surface area contributed by atoms with Crippen LogP contribution in [0.2, 0.25) is 5.02 Å². The second-order valence-corrected chi connectivity index (χ2v) is 5.96. The Morgan fingerprint density at radius 3 is 2.61 bits per heavy atom. The van der Waals surface area contributed by atoms with Gasteiger partial charge < -0.3 is 14.7 Å². The number of benzene rings is 2. The molecule has 2 aromatic carbocycles. The molecule has 122 valence electrons. The fourth-order valence-corrected chi connectivity index (χ4v) is 2.57. The number of phenols is 1. The number of aromatic hydroxyl groups is 1. The highest BCUT2D eigenvalue weighted by Crippen LogP contribution is 2.28. The van der Waals surface area contributed by atoms with Crippen molar-refractivity contribution >= 4 is 17.5 Å². The minimum absolute atomic E-state index is 0.0277. The number of hydrogen-bond acceptors (Lipinski definition) is 3. The third kappa shape index (κ3) is 3.59. The van der Waals surface area contributed by atoms with Crippen LogP contribution in [0.4, 0.5) is 0 Å². The number of aryl methyl sites for hydroxylation is 1. The topological polar surface area (TPSA) is 49.8 Å². The van der Waals surface area contributed by atoms with E-state index in [1.165, 1.54) is 4.90 Å². The first-order valence-corrected chi connectivity index (χ1v) is 7.60. The highest BCUT2D eigenvalue weighted by atomic mass is 35.5. The number of ether oxygens (including phenoxy) is 1. The van der Waals surface area contributed by atoms with Gasteiger partial charge in [0, 0.05) is 24.2 Å². The molecule has 0 atom stereocenters. The molecule has 0 aliphatic heterocycles. The van der Waals surface area contributed by atoms with Crippen LogP contribution in [-0.4, -0.2) is 30.1 Å². The molecular weight excluding hydrogens is 314 g/mol. The van der Waals surface area contributed by atoms with E-state index in [1.54, 1.807) is 45.3 Å². The maximum atomic E-state index is 12.6. The van der Waals surface area contributed by atoms with Gasteiger partial charge in [0.1, 0.15) is 11.5 Å². The van der Waals surface area contributed by atoms with E-state index < -0.39 is 0 Å².